The zero-order valence-electron chi connectivity index (χ0n) is 15.9. The first-order valence-corrected chi connectivity index (χ1v) is 9.73. The van der Waals surface area contributed by atoms with Gasteiger partial charge in [-0.1, -0.05) is 11.6 Å². The van der Waals surface area contributed by atoms with Crippen LogP contribution in [0.3, 0.4) is 0 Å². The number of methoxy groups -OCH3 is 1. The number of imide groups is 1. The Morgan fingerprint density at radius 1 is 1.21 bits per heavy atom. The summed E-state index contributed by atoms with van der Waals surface area (Å²) in [5, 5.41) is 0.167. The normalized spacial score (nSPS) is 16.8. The van der Waals surface area contributed by atoms with E-state index in [1.54, 1.807) is 6.08 Å². The van der Waals surface area contributed by atoms with Crippen molar-refractivity contribution in [3.63, 3.8) is 0 Å². The monoisotopic (exact) mass is 418 g/mol. The van der Waals surface area contributed by atoms with E-state index >= 15 is 0 Å². The Hall–Kier alpha value is -2.51. The smallest absolute Gasteiger partial charge is 0.328 e. The topological polar surface area (TPSA) is 68.6 Å². The van der Waals surface area contributed by atoms with Gasteiger partial charge < -0.3 is 9.30 Å². The van der Waals surface area contributed by atoms with Crippen LogP contribution in [-0.4, -0.2) is 39.7 Å². The van der Waals surface area contributed by atoms with Crippen LogP contribution in [0, 0.1) is 13.8 Å². The Balaban J connectivity index is 1.95. The highest BCUT2D eigenvalue weighted by atomic mass is 35.5. The molecule has 146 valence electrons. The van der Waals surface area contributed by atoms with Crippen molar-refractivity contribution in [3.05, 3.63) is 57.2 Å². The number of aromatic nitrogens is 1. The lowest BCUT2D eigenvalue weighted by Crippen LogP contribution is -2.42. The maximum atomic E-state index is 12.7. The van der Waals surface area contributed by atoms with Gasteiger partial charge in [-0.25, -0.2) is 4.79 Å². The van der Waals surface area contributed by atoms with Gasteiger partial charge in [-0.2, -0.15) is 0 Å². The number of carbonyl (C=O) groups is 3. The average molecular weight is 419 g/mol. The third kappa shape index (κ3) is 3.59. The molecule has 28 heavy (non-hydrogen) atoms. The number of thioether (sulfide) groups is 1. The summed E-state index contributed by atoms with van der Waals surface area (Å²) in [5.41, 5.74) is 3.68. The molecule has 2 aromatic rings. The fourth-order valence-corrected chi connectivity index (χ4v) is 4.18. The molecule has 8 heteroatoms. The molecule has 2 amide bonds. The van der Waals surface area contributed by atoms with Crippen LogP contribution in [0.1, 0.15) is 23.9 Å². The minimum atomic E-state index is -0.968. The fourth-order valence-electron chi connectivity index (χ4n) is 3.15. The Labute approximate surface area is 172 Å². The van der Waals surface area contributed by atoms with Gasteiger partial charge in [0.1, 0.15) is 6.04 Å². The summed E-state index contributed by atoms with van der Waals surface area (Å²) in [7, 11) is 1.22. The molecule has 2 heterocycles. The number of hydrogen-bond donors (Lipinski definition) is 0. The summed E-state index contributed by atoms with van der Waals surface area (Å²) in [6, 6.07) is 8.44. The summed E-state index contributed by atoms with van der Waals surface area (Å²) in [5.74, 6) is -1.13. The number of rotatable bonds is 4. The molecule has 1 saturated heterocycles. The van der Waals surface area contributed by atoms with Crippen LogP contribution in [0.25, 0.3) is 11.8 Å². The number of esters is 1. The van der Waals surface area contributed by atoms with Crippen LogP contribution in [0.2, 0.25) is 5.02 Å². The molecular weight excluding hydrogens is 400 g/mol. The molecule has 0 radical (unpaired) electrons. The third-order valence-corrected chi connectivity index (χ3v) is 5.73. The highest BCUT2D eigenvalue weighted by molar-refractivity contribution is 8.18. The van der Waals surface area contributed by atoms with Crippen molar-refractivity contribution < 1.29 is 19.1 Å². The van der Waals surface area contributed by atoms with Crippen molar-refractivity contribution in [2.75, 3.05) is 7.11 Å². The predicted molar refractivity (Wildman–Crippen MR) is 110 cm³/mol. The summed E-state index contributed by atoms with van der Waals surface area (Å²) in [6.45, 7) is 5.37. The number of hydrogen-bond acceptors (Lipinski definition) is 5. The fraction of sp³-hybridized carbons (Fsp3) is 0.250. The van der Waals surface area contributed by atoms with Gasteiger partial charge >= 0.3 is 5.97 Å². The minimum absolute atomic E-state index is 0.275. The van der Waals surface area contributed by atoms with E-state index in [1.807, 2.05) is 48.7 Å². The van der Waals surface area contributed by atoms with E-state index in [9.17, 15) is 14.4 Å². The Bertz CT molecular complexity index is 994. The Morgan fingerprint density at radius 2 is 1.86 bits per heavy atom. The molecule has 0 N–H and O–H groups in total. The zero-order chi connectivity index (χ0) is 20.6. The zero-order valence-corrected chi connectivity index (χ0v) is 17.4. The lowest BCUT2D eigenvalue weighted by Gasteiger charge is -2.18. The largest absolute Gasteiger partial charge is 0.467 e. The van der Waals surface area contributed by atoms with Gasteiger partial charge in [-0.15, -0.1) is 0 Å². The van der Waals surface area contributed by atoms with Gasteiger partial charge in [0, 0.05) is 22.1 Å². The summed E-state index contributed by atoms with van der Waals surface area (Å²) >= 11 is 6.79. The minimum Gasteiger partial charge on any atom is -0.467 e. The number of aryl methyl sites for hydroxylation is 1. The van der Waals surface area contributed by atoms with E-state index in [0.29, 0.717) is 5.02 Å². The lowest BCUT2D eigenvalue weighted by atomic mass is 10.2. The second-order valence-electron chi connectivity index (χ2n) is 6.39. The summed E-state index contributed by atoms with van der Waals surface area (Å²) < 4.78 is 6.69. The number of amides is 2. The molecule has 0 unspecified atom stereocenters. The predicted octanol–water partition coefficient (Wildman–Crippen LogP) is 4.35. The number of ether oxygens (including phenoxy) is 1. The van der Waals surface area contributed by atoms with Crippen LogP contribution in [0.15, 0.2) is 35.2 Å². The van der Waals surface area contributed by atoms with E-state index in [4.69, 9.17) is 11.6 Å². The summed E-state index contributed by atoms with van der Waals surface area (Å²) in [4.78, 5) is 37.9. The molecule has 1 aliphatic rings. The van der Waals surface area contributed by atoms with Crippen molar-refractivity contribution >= 4 is 46.6 Å². The second-order valence-corrected chi connectivity index (χ2v) is 7.82. The van der Waals surface area contributed by atoms with E-state index in [-0.39, 0.29) is 4.91 Å². The van der Waals surface area contributed by atoms with Crippen LogP contribution in [0.5, 0.6) is 0 Å². The number of benzene rings is 1. The molecule has 0 bridgehead atoms. The average Bonchev–Trinajstić information content (AvgIpc) is 3.10. The van der Waals surface area contributed by atoms with Crippen molar-refractivity contribution in [2.24, 2.45) is 0 Å². The van der Waals surface area contributed by atoms with E-state index in [1.165, 1.54) is 14.0 Å². The van der Waals surface area contributed by atoms with Crippen molar-refractivity contribution in [1.82, 2.24) is 9.47 Å². The van der Waals surface area contributed by atoms with Gasteiger partial charge in [0.05, 0.1) is 12.0 Å². The number of carbonyl (C=O) groups excluding carboxylic acids is 3. The van der Waals surface area contributed by atoms with Crippen molar-refractivity contribution in [3.8, 4) is 5.69 Å². The molecule has 1 aromatic heterocycles. The summed E-state index contributed by atoms with van der Waals surface area (Å²) in [6.07, 6.45) is 1.68. The highest BCUT2D eigenvalue weighted by Gasteiger charge is 2.41. The van der Waals surface area contributed by atoms with Crippen LogP contribution >= 0.6 is 23.4 Å². The van der Waals surface area contributed by atoms with Crippen LogP contribution in [-0.2, 0) is 14.3 Å². The first kappa shape index (κ1) is 20.2. The molecule has 1 fully saturated rings. The SMILES string of the molecule is COC(=O)[C@H](C)N1C(=O)S/C(=C\c2cc(C)n(-c3ccc(Cl)cc3)c2C)C1=O. The van der Waals surface area contributed by atoms with Gasteiger partial charge in [0.15, 0.2) is 0 Å². The van der Waals surface area contributed by atoms with E-state index in [2.05, 4.69) is 4.74 Å². The molecular formula is C20H19ClN2O4S. The molecule has 3 rings (SSSR count). The van der Waals surface area contributed by atoms with Gasteiger partial charge in [0.2, 0.25) is 0 Å². The number of halogens is 1. The first-order valence-electron chi connectivity index (χ1n) is 8.54. The lowest BCUT2D eigenvalue weighted by molar-refractivity contribution is -0.148. The second kappa shape index (κ2) is 7.85. The maximum Gasteiger partial charge on any atom is 0.328 e. The van der Waals surface area contributed by atoms with Crippen LogP contribution < -0.4 is 0 Å². The molecule has 1 atom stereocenters. The van der Waals surface area contributed by atoms with Crippen LogP contribution in [0.4, 0.5) is 4.79 Å². The molecule has 0 saturated carbocycles. The third-order valence-electron chi connectivity index (χ3n) is 4.59. The van der Waals surface area contributed by atoms with Gasteiger partial charge in [0.25, 0.3) is 11.1 Å². The molecule has 1 aliphatic heterocycles. The Morgan fingerprint density at radius 3 is 2.46 bits per heavy atom. The standard InChI is InChI=1S/C20H19ClN2O4S/c1-11-9-14(12(2)22(11)16-7-5-15(21)6-8-16)10-17-18(24)23(20(26)28-17)13(3)19(25)27-4/h5-10,13H,1-4H3/b17-10-/t13-/m0/s1. The van der Waals surface area contributed by atoms with E-state index < -0.39 is 23.2 Å². The van der Waals surface area contributed by atoms with E-state index in [0.717, 1.165) is 39.3 Å². The maximum absolute atomic E-state index is 12.7. The Kier molecular flexibility index (Phi) is 5.67. The van der Waals surface area contributed by atoms with Crippen molar-refractivity contribution in [2.45, 2.75) is 26.8 Å². The molecule has 0 spiro atoms. The highest BCUT2D eigenvalue weighted by Crippen LogP contribution is 2.35. The molecule has 1 aromatic carbocycles. The number of nitrogens with zero attached hydrogens (tertiary/aromatic N) is 2. The first-order chi connectivity index (χ1) is 13.2. The molecule has 0 aliphatic carbocycles. The van der Waals surface area contributed by atoms with Gasteiger partial charge in [-0.05, 0) is 74.5 Å². The molecule has 6 nitrogen and oxygen atoms in total. The van der Waals surface area contributed by atoms with Gasteiger partial charge in [-0.3, -0.25) is 14.5 Å². The van der Waals surface area contributed by atoms with Crippen molar-refractivity contribution in [1.29, 1.82) is 0 Å². The quantitative estimate of drug-likeness (QED) is 0.545.